The number of anilines is 1. The van der Waals surface area contributed by atoms with E-state index >= 15 is 4.39 Å². The van der Waals surface area contributed by atoms with Crippen molar-refractivity contribution in [1.29, 1.82) is 0 Å². The van der Waals surface area contributed by atoms with Crippen LogP contribution in [0.5, 0.6) is 5.88 Å². The molecule has 1 N–H and O–H groups in total. The molecule has 1 saturated heterocycles. The minimum absolute atomic E-state index is 0.0408. The monoisotopic (exact) mass is 500 g/mol. The molecule has 0 radical (unpaired) electrons. The first-order valence-corrected chi connectivity index (χ1v) is 10.3. The number of ether oxygens (including phenoxy) is 1. The van der Waals surface area contributed by atoms with E-state index in [9.17, 15) is 22.0 Å². The number of nitrogens with zero attached hydrogens (tertiary/aromatic N) is 7. The topological polar surface area (TPSA) is 85.4 Å². The molecule has 4 aromatic rings. The molecule has 5 rings (SSSR count). The van der Waals surface area contributed by atoms with Gasteiger partial charge in [-0.1, -0.05) is 11.3 Å². The number of fused-ring (bicyclic) bond motifs is 2. The highest BCUT2D eigenvalue weighted by Gasteiger charge is 2.47. The lowest BCUT2D eigenvalue weighted by atomic mass is 10.1. The molecule has 3 aromatic heterocycles. The Morgan fingerprint density at radius 1 is 1.26 bits per heavy atom. The minimum atomic E-state index is -4.53. The second-order valence-corrected chi connectivity index (χ2v) is 8.31. The van der Waals surface area contributed by atoms with Crippen molar-refractivity contribution in [3.05, 3.63) is 30.2 Å². The summed E-state index contributed by atoms with van der Waals surface area (Å²) >= 11 is 0. The molecule has 0 aliphatic carbocycles. The summed E-state index contributed by atoms with van der Waals surface area (Å²) < 4.78 is 89.3. The zero-order valence-corrected chi connectivity index (χ0v) is 18.3. The van der Waals surface area contributed by atoms with Gasteiger partial charge in [-0.05, 0) is 24.7 Å². The number of hydrogen-bond acceptors (Lipinski definition) is 7. The van der Waals surface area contributed by atoms with Crippen LogP contribution < -0.4 is 10.1 Å². The van der Waals surface area contributed by atoms with Gasteiger partial charge in [-0.3, -0.25) is 4.90 Å². The first-order chi connectivity index (χ1) is 16.4. The number of likely N-dealkylation sites (N-methyl/N-ethyl adjacent to an activating group) is 1. The van der Waals surface area contributed by atoms with Gasteiger partial charge in [-0.2, -0.15) is 18.2 Å². The summed E-state index contributed by atoms with van der Waals surface area (Å²) in [5.41, 5.74) is 0.472. The van der Waals surface area contributed by atoms with Crippen molar-refractivity contribution < 1.29 is 31.1 Å². The summed E-state index contributed by atoms with van der Waals surface area (Å²) in [5, 5.41) is 13.9. The van der Waals surface area contributed by atoms with Crippen molar-refractivity contribution in [2.45, 2.75) is 24.7 Å². The fraction of sp³-hybridized carbons (Fsp3) is 0.400. The van der Waals surface area contributed by atoms with E-state index < -0.39 is 37.0 Å². The average Bonchev–Trinajstić information content (AvgIpc) is 3.38. The Morgan fingerprint density at radius 2 is 2.03 bits per heavy atom. The van der Waals surface area contributed by atoms with E-state index in [-0.39, 0.29) is 46.1 Å². The molecule has 9 nitrogen and oxygen atoms in total. The van der Waals surface area contributed by atoms with E-state index in [1.54, 1.807) is 7.05 Å². The van der Waals surface area contributed by atoms with Gasteiger partial charge in [-0.25, -0.2) is 22.4 Å². The third-order valence-electron chi connectivity index (χ3n) is 5.67. The van der Waals surface area contributed by atoms with Gasteiger partial charge < -0.3 is 10.1 Å². The molecule has 1 aromatic carbocycles. The zero-order chi connectivity index (χ0) is 25.1. The molecular formula is C20H18F6N8O. The van der Waals surface area contributed by atoms with Crippen LogP contribution in [0.4, 0.5) is 32.3 Å². The van der Waals surface area contributed by atoms with Crippen molar-refractivity contribution in [2.75, 3.05) is 32.6 Å². The van der Waals surface area contributed by atoms with Crippen molar-refractivity contribution in [3.8, 4) is 17.0 Å². The Bertz CT molecular complexity index is 1410. The highest BCUT2D eigenvalue weighted by atomic mass is 19.4. The molecule has 0 amide bonds. The third-order valence-corrected chi connectivity index (χ3v) is 5.67. The summed E-state index contributed by atoms with van der Waals surface area (Å²) in [6, 6.07) is 2.93. The smallest absolute Gasteiger partial charge is 0.408 e. The second kappa shape index (κ2) is 7.96. The SMILES string of the molecule is COc1nc(NC2CN(C)CC2(F)F)nn2cc(F)c(-c3ccc4nnn(CC(F)(F)F)c4c3)c12. The molecule has 1 aliphatic heterocycles. The predicted molar refractivity (Wildman–Crippen MR) is 112 cm³/mol. The van der Waals surface area contributed by atoms with Gasteiger partial charge in [0.15, 0.2) is 5.82 Å². The van der Waals surface area contributed by atoms with Crippen LogP contribution in [0.2, 0.25) is 0 Å². The summed E-state index contributed by atoms with van der Waals surface area (Å²) in [6.07, 6.45) is -3.52. The summed E-state index contributed by atoms with van der Waals surface area (Å²) in [7, 11) is 2.82. The van der Waals surface area contributed by atoms with E-state index in [0.29, 0.717) is 4.68 Å². The Labute approximate surface area is 193 Å². The Hall–Kier alpha value is -3.62. The van der Waals surface area contributed by atoms with Crippen LogP contribution >= 0.6 is 0 Å². The fourth-order valence-corrected chi connectivity index (χ4v) is 4.19. The average molecular weight is 500 g/mol. The summed E-state index contributed by atoms with van der Waals surface area (Å²) in [4.78, 5) is 5.58. The molecule has 1 fully saturated rings. The van der Waals surface area contributed by atoms with Gasteiger partial charge in [0.05, 0.1) is 30.9 Å². The number of alkyl halides is 5. The van der Waals surface area contributed by atoms with Crippen LogP contribution in [0.15, 0.2) is 24.4 Å². The molecule has 1 aliphatic rings. The normalized spacial score (nSPS) is 18.6. The van der Waals surface area contributed by atoms with E-state index in [0.717, 1.165) is 10.7 Å². The van der Waals surface area contributed by atoms with Crippen LogP contribution in [0.1, 0.15) is 0 Å². The lowest BCUT2D eigenvalue weighted by molar-refractivity contribution is -0.142. The number of methoxy groups -OCH3 is 1. The molecule has 35 heavy (non-hydrogen) atoms. The highest BCUT2D eigenvalue weighted by Crippen LogP contribution is 2.36. The second-order valence-electron chi connectivity index (χ2n) is 8.31. The predicted octanol–water partition coefficient (Wildman–Crippen LogP) is 3.21. The van der Waals surface area contributed by atoms with Crippen LogP contribution in [-0.2, 0) is 6.54 Å². The molecule has 15 heteroatoms. The Kier molecular flexibility index (Phi) is 5.27. The van der Waals surface area contributed by atoms with Crippen molar-refractivity contribution >= 4 is 22.5 Å². The summed E-state index contributed by atoms with van der Waals surface area (Å²) in [5.74, 6) is -4.11. The van der Waals surface area contributed by atoms with E-state index in [1.165, 1.54) is 30.2 Å². The third kappa shape index (κ3) is 4.19. The lowest BCUT2D eigenvalue weighted by Crippen LogP contribution is -2.38. The molecule has 0 saturated carbocycles. The summed E-state index contributed by atoms with van der Waals surface area (Å²) in [6.45, 7) is -1.76. The van der Waals surface area contributed by atoms with Crippen molar-refractivity contribution in [1.82, 2.24) is 34.5 Å². The first-order valence-electron chi connectivity index (χ1n) is 10.3. The van der Waals surface area contributed by atoms with Gasteiger partial charge in [-0.15, -0.1) is 10.2 Å². The van der Waals surface area contributed by atoms with E-state index in [2.05, 4.69) is 25.7 Å². The van der Waals surface area contributed by atoms with Gasteiger partial charge in [0, 0.05) is 6.54 Å². The number of benzene rings is 1. The number of halogens is 6. The number of likely N-dealkylation sites (tertiary alicyclic amines) is 1. The minimum Gasteiger partial charge on any atom is -0.479 e. The van der Waals surface area contributed by atoms with Crippen LogP contribution in [0.25, 0.3) is 27.7 Å². The van der Waals surface area contributed by atoms with Crippen LogP contribution in [0.3, 0.4) is 0 Å². The molecule has 0 spiro atoms. The van der Waals surface area contributed by atoms with E-state index in [4.69, 9.17) is 4.74 Å². The highest BCUT2D eigenvalue weighted by molar-refractivity contribution is 5.89. The number of aromatic nitrogens is 6. The van der Waals surface area contributed by atoms with Gasteiger partial charge in [0.1, 0.15) is 23.6 Å². The van der Waals surface area contributed by atoms with Crippen molar-refractivity contribution in [2.24, 2.45) is 0 Å². The van der Waals surface area contributed by atoms with Crippen LogP contribution in [0, 0.1) is 5.82 Å². The number of hydrogen-bond donors (Lipinski definition) is 1. The molecular weight excluding hydrogens is 482 g/mol. The van der Waals surface area contributed by atoms with Crippen molar-refractivity contribution in [3.63, 3.8) is 0 Å². The molecule has 4 heterocycles. The molecule has 1 atom stereocenters. The lowest BCUT2D eigenvalue weighted by Gasteiger charge is -2.19. The van der Waals surface area contributed by atoms with Gasteiger partial charge in [0.2, 0.25) is 11.8 Å². The maximum absolute atomic E-state index is 15.1. The fourth-order valence-electron chi connectivity index (χ4n) is 4.19. The Morgan fingerprint density at radius 3 is 2.69 bits per heavy atom. The standard InChI is InChI=1S/C20H18F6N8O/c1-32-7-14(19(22,23)8-32)27-18-28-17(35-2)16-15(11(21)6-33(16)30-18)10-3-4-12-13(5-10)34(31-29-12)9-20(24,25)26/h3-6,14H,7-9H2,1-2H3,(H,27,30). The number of rotatable bonds is 5. The quantitative estimate of drug-likeness (QED) is 0.422. The van der Waals surface area contributed by atoms with E-state index in [1.807, 2.05) is 0 Å². The molecule has 1 unspecified atom stereocenters. The Balaban J connectivity index is 1.58. The largest absolute Gasteiger partial charge is 0.479 e. The zero-order valence-electron chi connectivity index (χ0n) is 18.3. The molecule has 0 bridgehead atoms. The van der Waals surface area contributed by atoms with Gasteiger partial charge >= 0.3 is 6.18 Å². The molecule has 186 valence electrons. The van der Waals surface area contributed by atoms with Gasteiger partial charge in [0.25, 0.3) is 5.92 Å². The number of nitrogens with one attached hydrogen (secondary N) is 1. The maximum atomic E-state index is 15.1. The maximum Gasteiger partial charge on any atom is 0.408 e. The first kappa shape index (κ1) is 23.1. The van der Waals surface area contributed by atoms with Crippen LogP contribution in [-0.4, -0.2) is 79.9 Å².